The Morgan fingerprint density at radius 2 is 1.69 bits per heavy atom. The Bertz CT molecular complexity index is 900. The van der Waals surface area contributed by atoms with Gasteiger partial charge in [-0.05, 0) is 46.3 Å². The van der Waals surface area contributed by atoms with Gasteiger partial charge < -0.3 is 14.2 Å². The monoisotopic (exact) mass is 443 g/mol. The molecule has 0 N–H and O–H groups in total. The van der Waals surface area contributed by atoms with Gasteiger partial charge in [-0.3, -0.25) is 9.10 Å². The molecule has 0 heterocycles. The summed E-state index contributed by atoms with van der Waals surface area (Å²) in [7, 11) is 0.0226. The Kier molecular flexibility index (Phi) is 6.49. The van der Waals surface area contributed by atoms with Crippen LogP contribution in [0.2, 0.25) is 0 Å². The number of halogens is 1. The summed E-state index contributed by atoms with van der Waals surface area (Å²) in [5, 5.41) is 0. The van der Waals surface area contributed by atoms with Crippen molar-refractivity contribution in [3.63, 3.8) is 0 Å². The standard InChI is InChI=1S/C17H18BrNO6S/c1-23-15-9-8-12(10-13(15)18)26(21,22)19(11-17(20)25-3)14-6-4-5-7-16(14)24-2/h4-10H,11H2,1-3H3. The van der Waals surface area contributed by atoms with Gasteiger partial charge in [-0.1, -0.05) is 12.1 Å². The van der Waals surface area contributed by atoms with Gasteiger partial charge in [0.2, 0.25) is 0 Å². The highest BCUT2D eigenvalue weighted by molar-refractivity contribution is 9.10. The van der Waals surface area contributed by atoms with E-state index in [1.165, 1.54) is 39.5 Å². The molecule has 9 heteroatoms. The molecule has 0 aromatic heterocycles. The number of benzene rings is 2. The Balaban J connectivity index is 2.60. The minimum Gasteiger partial charge on any atom is -0.496 e. The van der Waals surface area contributed by atoms with Crippen molar-refractivity contribution >= 4 is 37.6 Å². The lowest BCUT2D eigenvalue weighted by Crippen LogP contribution is -2.36. The molecule has 2 rings (SSSR count). The summed E-state index contributed by atoms with van der Waals surface area (Å²) in [6, 6.07) is 10.9. The van der Waals surface area contributed by atoms with E-state index >= 15 is 0 Å². The minimum atomic E-state index is -4.07. The molecule has 140 valence electrons. The van der Waals surface area contributed by atoms with Gasteiger partial charge in [-0.15, -0.1) is 0 Å². The third-order valence-corrected chi connectivity index (χ3v) is 5.94. The molecule has 0 aliphatic rings. The molecule has 0 amide bonds. The zero-order valence-electron chi connectivity index (χ0n) is 14.4. The number of methoxy groups -OCH3 is 3. The van der Waals surface area contributed by atoms with E-state index < -0.39 is 22.5 Å². The molecule has 0 saturated carbocycles. The largest absolute Gasteiger partial charge is 0.496 e. The molecule has 0 bridgehead atoms. The highest BCUT2D eigenvalue weighted by atomic mass is 79.9. The Hall–Kier alpha value is -2.26. The molecule has 0 spiro atoms. The van der Waals surface area contributed by atoms with Gasteiger partial charge in [0, 0.05) is 0 Å². The average molecular weight is 444 g/mol. The minimum absolute atomic E-state index is 0.0139. The van der Waals surface area contributed by atoms with E-state index in [1.54, 1.807) is 24.3 Å². The quantitative estimate of drug-likeness (QED) is 0.611. The molecule has 2 aromatic carbocycles. The van der Waals surface area contributed by atoms with E-state index in [1.807, 2.05) is 0 Å². The van der Waals surface area contributed by atoms with E-state index in [-0.39, 0.29) is 10.6 Å². The maximum atomic E-state index is 13.2. The Morgan fingerprint density at radius 3 is 2.27 bits per heavy atom. The van der Waals surface area contributed by atoms with Crippen LogP contribution in [0.15, 0.2) is 51.8 Å². The number of ether oxygens (including phenoxy) is 3. The fourth-order valence-electron chi connectivity index (χ4n) is 2.25. The third-order valence-electron chi connectivity index (χ3n) is 3.57. The zero-order chi connectivity index (χ0) is 19.3. The van der Waals surface area contributed by atoms with Crippen LogP contribution in [0.4, 0.5) is 5.69 Å². The van der Waals surface area contributed by atoms with Crippen LogP contribution < -0.4 is 13.8 Å². The summed E-state index contributed by atoms with van der Waals surface area (Å²) in [5.74, 6) is 0.0976. The zero-order valence-corrected chi connectivity index (χ0v) is 16.8. The number of carbonyl (C=O) groups is 1. The predicted octanol–water partition coefficient (Wildman–Crippen LogP) is 2.83. The maximum Gasteiger partial charge on any atom is 0.326 e. The van der Waals surface area contributed by atoms with Crippen molar-refractivity contribution in [1.82, 2.24) is 0 Å². The van der Waals surface area contributed by atoms with Crippen LogP contribution in [0, 0.1) is 0 Å². The second-order valence-electron chi connectivity index (χ2n) is 5.06. The van der Waals surface area contributed by atoms with Crippen molar-refractivity contribution in [2.75, 3.05) is 32.2 Å². The number of carbonyl (C=O) groups excluding carboxylic acids is 1. The summed E-state index contributed by atoms with van der Waals surface area (Å²) >= 11 is 3.27. The molecule has 2 aromatic rings. The van der Waals surface area contributed by atoms with Gasteiger partial charge in [0.15, 0.2) is 0 Å². The van der Waals surface area contributed by atoms with Gasteiger partial charge in [-0.2, -0.15) is 0 Å². The fourth-order valence-corrected chi connectivity index (χ4v) is 4.39. The van der Waals surface area contributed by atoms with Crippen LogP contribution in [0.3, 0.4) is 0 Å². The normalized spacial score (nSPS) is 10.9. The summed E-state index contributed by atoms with van der Waals surface area (Å²) in [4.78, 5) is 11.8. The highest BCUT2D eigenvalue weighted by Gasteiger charge is 2.30. The van der Waals surface area contributed by atoms with Crippen LogP contribution >= 0.6 is 15.9 Å². The van der Waals surface area contributed by atoms with Gasteiger partial charge in [0.1, 0.15) is 18.0 Å². The molecule has 7 nitrogen and oxygen atoms in total. The van der Waals surface area contributed by atoms with E-state index in [2.05, 4.69) is 20.7 Å². The van der Waals surface area contributed by atoms with E-state index in [9.17, 15) is 13.2 Å². The molecular formula is C17H18BrNO6S. The summed E-state index contributed by atoms with van der Waals surface area (Å²) < 4.78 is 42.9. The first kappa shape index (κ1) is 20.1. The molecule has 26 heavy (non-hydrogen) atoms. The van der Waals surface area contributed by atoms with Crippen molar-refractivity contribution in [3.8, 4) is 11.5 Å². The number of anilines is 1. The van der Waals surface area contributed by atoms with Crippen LogP contribution in [0.25, 0.3) is 0 Å². The first-order chi connectivity index (χ1) is 12.3. The topological polar surface area (TPSA) is 82.1 Å². The van der Waals surface area contributed by atoms with Gasteiger partial charge in [0.05, 0.1) is 36.4 Å². The summed E-state index contributed by atoms with van der Waals surface area (Å²) in [6.45, 7) is -0.497. The van der Waals surface area contributed by atoms with Crippen molar-refractivity contribution in [2.45, 2.75) is 4.90 Å². The molecular weight excluding hydrogens is 426 g/mol. The number of para-hydroxylation sites is 2. The van der Waals surface area contributed by atoms with E-state index in [4.69, 9.17) is 9.47 Å². The molecule has 0 aliphatic heterocycles. The molecule has 0 unspecified atom stereocenters. The van der Waals surface area contributed by atoms with Crippen LogP contribution in [-0.4, -0.2) is 42.3 Å². The molecule has 0 aliphatic carbocycles. The average Bonchev–Trinajstić information content (AvgIpc) is 2.65. The maximum absolute atomic E-state index is 13.2. The van der Waals surface area contributed by atoms with Gasteiger partial charge >= 0.3 is 5.97 Å². The van der Waals surface area contributed by atoms with Gasteiger partial charge in [-0.25, -0.2) is 8.42 Å². The lowest BCUT2D eigenvalue weighted by atomic mass is 10.3. The molecule has 0 fully saturated rings. The molecule has 0 radical (unpaired) electrons. The highest BCUT2D eigenvalue weighted by Crippen LogP contribution is 2.34. The number of esters is 1. The van der Waals surface area contributed by atoms with Crippen LogP contribution in [0.5, 0.6) is 11.5 Å². The lowest BCUT2D eigenvalue weighted by molar-refractivity contribution is -0.138. The molecule has 0 saturated heterocycles. The van der Waals surface area contributed by atoms with E-state index in [0.29, 0.717) is 16.0 Å². The second-order valence-corrected chi connectivity index (χ2v) is 7.77. The lowest BCUT2D eigenvalue weighted by Gasteiger charge is -2.25. The SMILES string of the molecule is COC(=O)CN(c1ccccc1OC)S(=O)(=O)c1ccc(OC)c(Br)c1. The van der Waals surface area contributed by atoms with Crippen molar-refractivity contribution < 1.29 is 27.4 Å². The number of rotatable bonds is 7. The third kappa shape index (κ3) is 4.10. The summed E-state index contributed by atoms with van der Waals surface area (Å²) in [5.41, 5.74) is 0.229. The Morgan fingerprint density at radius 1 is 1.04 bits per heavy atom. The first-order valence-electron chi connectivity index (χ1n) is 7.41. The number of nitrogens with zero attached hydrogens (tertiary/aromatic N) is 1. The second kappa shape index (κ2) is 8.41. The fraction of sp³-hybridized carbons (Fsp3) is 0.235. The van der Waals surface area contributed by atoms with Crippen LogP contribution in [0.1, 0.15) is 0 Å². The van der Waals surface area contributed by atoms with Gasteiger partial charge in [0.25, 0.3) is 10.0 Å². The van der Waals surface area contributed by atoms with Crippen molar-refractivity contribution in [2.24, 2.45) is 0 Å². The first-order valence-corrected chi connectivity index (χ1v) is 9.64. The number of hydrogen-bond acceptors (Lipinski definition) is 6. The van der Waals surface area contributed by atoms with Crippen LogP contribution in [-0.2, 0) is 19.6 Å². The predicted molar refractivity (Wildman–Crippen MR) is 100 cm³/mol. The summed E-state index contributed by atoms with van der Waals surface area (Å²) in [6.07, 6.45) is 0. The smallest absolute Gasteiger partial charge is 0.326 e. The van der Waals surface area contributed by atoms with Crippen molar-refractivity contribution in [1.29, 1.82) is 0 Å². The number of hydrogen-bond donors (Lipinski definition) is 0. The van der Waals surface area contributed by atoms with Crippen molar-refractivity contribution in [3.05, 3.63) is 46.9 Å². The Labute approximate surface area is 160 Å². The molecule has 0 atom stereocenters. The van der Waals surface area contributed by atoms with E-state index in [0.717, 1.165) is 4.31 Å². The number of sulfonamides is 1.